The van der Waals surface area contributed by atoms with E-state index in [1.807, 2.05) is 25.1 Å². The number of benzene rings is 1. The van der Waals surface area contributed by atoms with Crippen LogP contribution >= 0.6 is 0 Å². The van der Waals surface area contributed by atoms with Crippen LogP contribution in [0.1, 0.15) is 43.4 Å². The predicted octanol–water partition coefficient (Wildman–Crippen LogP) is 3.24. The highest BCUT2D eigenvalue weighted by Crippen LogP contribution is 2.15. The van der Waals surface area contributed by atoms with Gasteiger partial charge in [0.2, 0.25) is 0 Å². The largest absolute Gasteiger partial charge is 0.489 e. The molecule has 0 aliphatic rings. The normalized spacial score (nSPS) is 12.7. The molecule has 0 fully saturated rings. The average Bonchev–Trinajstić information content (AvgIpc) is 3.04. The molecule has 0 saturated carbocycles. The molecule has 1 aromatic heterocycles. The van der Waals surface area contributed by atoms with Gasteiger partial charge >= 0.3 is 0 Å². The van der Waals surface area contributed by atoms with E-state index in [1.165, 1.54) is 5.56 Å². The Balaban J connectivity index is 1.85. The van der Waals surface area contributed by atoms with Gasteiger partial charge in [0.15, 0.2) is 5.96 Å². The van der Waals surface area contributed by atoms with Crippen LogP contribution in [-0.4, -0.2) is 30.8 Å². The fraction of sp³-hybridized carbons (Fsp3) is 0.500. The molecule has 26 heavy (non-hydrogen) atoms. The van der Waals surface area contributed by atoms with Crippen molar-refractivity contribution in [3.8, 4) is 5.75 Å². The van der Waals surface area contributed by atoms with E-state index in [1.54, 1.807) is 7.05 Å². The Bertz CT molecular complexity index is 703. The van der Waals surface area contributed by atoms with Crippen LogP contribution in [0.4, 0.5) is 0 Å². The highest BCUT2D eigenvalue weighted by Gasteiger charge is 2.14. The van der Waals surface area contributed by atoms with Gasteiger partial charge in [0.25, 0.3) is 0 Å². The highest BCUT2D eigenvalue weighted by molar-refractivity contribution is 5.79. The maximum absolute atomic E-state index is 5.94. The quantitative estimate of drug-likeness (QED) is 0.560. The standard InChI is InChI=1S/C20H30N4O2/c1-6-18-17(19(7-2)26-24-18)13-23-20(21-5)22-12-15(4)25-16-10-8-9-14(3)11-16/h8-11,15H,6-7,12-13H2,1-5H3,(H2,21,22,23). The maximum atomic E-state index is 5.94. The Morgan fingerprint density at radius 2 is 2.08 bits per heavy atom. The summed E-state index contributed by atoms with van der Waals surface area (Å²) in [5.74, 6) is 2.54. The Labute approximate surface area is 156 Å². The molecule has 142 valence electrons. The minimum absolute atomic E-state index is 0.0170. The number of nitrogens with one attached hydrogen (secondary N) is 2. The summed E-state index contributed by atoms with van der Waals surface area (Å²) in [6.45, 7) is 9.54. The molecule has 0 amide bonds. The van der Waals surface area contributed by atoms with E-state index >= 15 is 0 Å². The lowest BCUT2D eigenvalue weighted by Gasteiger charge is -2.18. The minimum atomic E-state index is 0.0170. The van der Waals surface area contributed by atoms with Gasteiger partial charge in [0.05, 0.1) is 12.2 Å². The molecular weight excluding hydrogens is 328 g/mol. The number of nitrogens with zero attached hydrogens (tertiary/aromatic N) is 2. The average molecular weight is 358 g/mol. The van der Waals surface area contributed by atoms with Crippen molar-refractivity contribution >= 4 is 5.96 Å². The number of hydrogen-bond donors (Lipinski definition) is 2. The van der Waals surface area contributed by atoms with Crippen LogP contribution in [0.25, 0.3) is 0 Å². The highest BCUT2D eigenvalue weighted by atomic mass is 16.5. The second kappa shape index (κ2) is 9.85. The summed E-state index contributed by atoms with van der Waals surface area (Å²) in [6.07, 6.45) is 1.70. The summed E-state index contributed by atoms with van der Waals surface area (Å²) in [5, 5.41) is 10.8. The fourth-order valence-electron chi connectivity index (χ4n) is 2.73. The SMILES string of the molecule is CCc1noc(CC)c1CNC(=NC)NCC(C)Oc1cccc(C)c1. The Hall–Kier alpha value is -2.50. The third-order valence-corrected chi connectivity index (χ3v) is 4.15. The summed E-state index contributed by atoms with van der Waals surface area (Å²) in [4.78, 5) is 4.28. The number of aryl methyl sites for hydroxylation is 3. The molecule has 2 aromatic rings. The van der Waals surface area contributed by atoms with Gasteiger partial charge in [0, 0.05) is 25.6 Å². The lowest BCUT2D eigenvalue weighted by molar-refractivity contribution is 0.223. The topological polar surface area (TPSA) is 71.7 Å². The summed E-state index contributed by atoms with van der Waals surface area (Å²) >= 11 is 0. The van der Waals surface area contributed by atoms with Gasteiger partial charge in [-0.25, -0.2) is 0 Å². The number of aliphatic imine (C=N–C) groups is 1. The molecule has 1 atom stereocenters. The second-order valence-corrected chi connectivity index (χ2v) is 6.29. The van der Waals surface area contributed by atoms with E-state index in [0.29, 0.717) is 13.1 Å². The predicted molar refractivity (Wildman–Crippen MR) is 105 cm³/mol. The number of guanidine groups is 1. The van der Waals surface area contributed by atoms with Gasteiger partial charge in [-0.3, -0.25) is 4.99 Å². The first-order chi connectivity index (χ1) is 12.6. The van der Waals surface area contributed by atoms with Gasteiger partial charge in [-0.2, -0.15) is 0 Å². The molecule has 1 aromatic carbocycles. The van der Waals surface area contributed by atoms with Crippen molar-refractivity contribution in [1.82, 2.24) is 15.8 Å². The first-order valence-electron chi connectivity index (χ1n) is 9.21. The van der Waals surface area contributed by atoms with E-state index in [2.05, 4.69) is 47.6 Å². The Morgan fingerprint density at radius 3 is 2.73 bits per heavy atom. The Morgan fingerprint density at radius 1 is 1.27 bits per heavy atom. The van der Waals surface area contributed by atoms with Crippen molar-refractivity contribution in [2.75, 3.05) is 13.6 Å². The molecule has 6 nitrogen and oxygen atoms in total. The van der Waals surface area contributed by atoms with Crippen molar-refractivity contribution in [2.45, 2.75) is 53.2 Å². The van der Waals surface area contributed by atoms with Crippen LogP contribution in [0.3, 0.4) is 0 Å². The summed E-state index contributed by atoms with van der Waals surface area (Å²) < 4.78 is 11.3. The molecule has 2 rings (SSSR count). The summed E-state index contributed by atoms with van der Waals surface area (Å²) in [5.41, 5.74) is 3.32. The van der Waals surface area contributed by atoms with E-state index in [-0.39, 0.29) is 6.10 Å². The number of ether oxygens (including phenoxy) is 1. The van der Waals surface area contributed by atoms with E-state index < -0.39 is 0 Å². The number of hydrogen-bond acceptors (Lipinski definition) is 4. The molecule has 6 heteroatoms. The monoisotopic (exact) mass is 358 g/mol. The summed E-state index contributed by atoms with van der Waals surface area (Å²) in [7, 11) is 1.76. The smallest absolute Gasteiger partial charge is 0.191 e. The van der Waals surface area contributed by atoms with Crippen molar-refractivity contribution in [3.05, 3.63) is 46.8 Å². The zero-order valence-electron chi connectivity index (χ0n) is 16.4. The molecule has 0 bridgehead atoms. The van der Waals surface area contributed by atoms with Gasteiger partial charge in [-0.05, 0) is 38.0 Å². The molecule has 0 spiro atoms. The van der Waals surface area contributed by atoms with E-state index in [0.717, 1.165) is 41.6 Å². The van der Waals surface area contributed by atoms with Crippen molar-refractivity contribution in [3.63, 3.8) is 0 Å². The molecule has 0 radical (unpaired) electrons. The van der Waals surface area contributed by atoms with Crippen LogP contribution in [0, 0.1) is 6.92 Å². The van der Waals surface area contributed by atoms with Gasteiger partial charge < -0.3 is 19.9 Å². The van der Waals surface area contributed by atoms with Crippen LogP contribution in [0.5, 0.6) is 5.75 Å². The van der Waals surface area contributed by atoms with Crippen LogP contribution < -0.4 is 15.4 Å². The van der Waals surface area contributed by atoms with E-state index in [4.69, 9.17) is 9.26 Å². The summed E-state index contributed by atoms with van der Waals surface area (Å²) in [6, 6.07) is 8.07. The molecule has 1 heterocycles. The first-order valence-corrected chi connectivity index (χ1v) is 9.21. The van der Waals surface area contributed by atoms with E-state index in [9.17, 15) is 0 Å². The van der Waals surface area contributed by atoms with Crippen LogP contribution in [0.15, 0.2) is 33.8 Å². The third-order valence-electron chi connectivity index (χ3n) is 4.15. The minimum Gasteiger partial charge on any atom is -0.489 e. The number of rotatable bonds is 8. The van der Waals surface area contributed by atoms with Crippen LogP contribution in [0.2, 0.25) is 0 Å². The third kappa shape index (κ3) is 5.51. The zero-order valence-corrected chi connectivity index (χ0v) is 16.4. The van der Waals surface area contributed by atoms with Crippen molar-refractivity contribution in [1.29, 1.82) is 0 Å². The van der Waals surface area contributed by atoms with Gasteiger partial charge in [-0.15, -0.1) is 0 Å². The Kier molecular flexibility index (Phi) is 7.51. The van der Waals surface area contributed by atoms with Crippen molar-refractivity contribution in [2.24, 2.45) is 4.99 Å². The lowest BCUT2D eigenvalue weighted by atomic mass is 10.1. The zero-order chi connectivity index (χ0) is 18.9. The molecule has 1 unspecified atom stereocenters. The molecular formula is C20H30N4O2. The number of aromatic nitrogens is 1. The second-order valence-electron chi connectivity index (χ2n) is 6.29. The van der Waals surface area contributed by atoms with Crippen LogP contribution in [-0.2, 0) is 19.4 Å². The molecule has 0 saturated heterocycles. The lowest BCUT2D eigenvalue weighted by Crippen LogP contribution is -2.41. The van der Waals surface area contributed by atoms with Gasteiger partial charge in [0.1, 0.15) is 17.6 Å². The molecule has 2 N–H and O–H groups in total. The van der Waals surface area contributed by atoms with Crippen molar-refractivity contribution < 1.29 is 9.26 Å². The van der Waals surface area contributed by atoms with Gasteiger partial charge in [-0.1, -0.05) is 31.1 Å². The maximum Gasteiger partial charge on any atom is 0.191 e. The fourth-order valence-corrected chi connectivity index (χ4v) is 2.73. The first kappa shape index (κ1) is 19.8. The molecule has 0 aliphatic carbocycles. The molecule has 0 aliphatic heterocycles.